The Hall–Kier alpha value is -1.43. The molecule has 0 spiro atoms. The molecule has 2 aromatic rings. The lowest BCUT2D eigenvalue weighted by Gasteiger charge is -2.20. The van der Waals surface area contributed by atoms with Gasteiger partial charge in [-0.2, -0.15) is 0 Å². The Kier molecular flexibility index (Phi) is 6.01. The van der Waals surface area contributed by atoms with Gasteiger partial charge in [0.1, 0.15) is 6.10 Å². The molecule has 0 aliphatic heterocycles. The molecule has 0 aliphatic rings. The summed E-state index contributed by atoms with van der Waals surface area (Å²) in [6.07, 6.45) is -0.762. The maximum Gasteiger partial charge on any atom is 0.264 e. The van der Waals surface area contributed by atoms with E-state index in [-0.39, 0.29) is 5.91 Å². The van der Waals surface area contributed by atoms with Crippen LogP contribution >= 0.6 is 11.3 Å². The van der Waals surface area contributed by atoms with E-state index in [2.05, 4.69) is 25.7 Å². The summed E-state index contributed by atoms with van der Waals surface area (Å²) in [6, 6.07) is 11.6. The number of nitrogens with zero attached hydrogens (tertiary/aromatic N) is 1. The molecule has 3 nitrogen and oxygen atoms in total. The number of aliphatic hydroxyl groups excluding tert-OH is 1. The van der Waals surface area contributed by atoms with Crippen molar-refractivity contribution in [2.45, 2.75) is 39.6 Å². The number of benzene rings is 1. The molecule has 130 valence electrons. The summed E-state index contributed by atoms with van der Waals surface area (Å²) in [4.78, 5) is 15.5. The molecule has 1 heterocycles. The Morgan fingerprint density at radius 1 is 1.17 bits per heavy atom. The number of carbonyl (C=O) groups excluding carboxylic acids is 1. The molecule has 2 rings (SSSR count). The van der Waals surface area contributed by atoms with Crippen molar-refractivity contribution in [1.29, 1.82) is 0 Å². The predicted octanol–water partition coefficient (Wildman–Crippen LogP) is 3.86. The summed E-state index contributed by atoms with van der Waals surface area (Å²) in [5.41, 5.74) is 1.58. The van der Waals surface area contributed by atoms with Gasteiger partial charge in [-0.15, -0.1) is 11.3 Å². The minimum Gasteiger partial charge on any atom is -0.384 e. The van der Waals surface area contributed by atoms with Crippen molar-refractivity contribution in [3.8, 4) is 0 Å². The Morgan fingerprint density at radius 2 is 1.75 bits per heavy atom. The van der Waals surface area contributed by atoms with E-state index in [0.717, 1.165) is 11.1 Å². The Morgan fingerprint density at radius 3 is 2.25 bits per heavy atom. The average Bonchev–Trinajstić information content (AvgIpc) is 3.01. The number of hydrogen-bond acceptors (Lipinski definition) is 3. The topological polar surface area (TPSA) is 40.5 Å². The summed E-state index contributed by atoms with van der Waals surface area (Å²) in [7, 11) is -1.56. The monoisotopic (exact) mass is 361 g/mol. The van der Waals surface area contributed by atoms with Gasteiger partial charge in [-0.05, 0) is 30.0 Å². The summed E-state index contributed by atoms with van der Waals surface area (Å²) < 4.78 is 1.25. The minimum atomic E-state index is -1.56. The smallest absolute Gasteiger partial charge is 0.264 e. The summed E-state index contributed by atoms with van der Waals surface area (Å²) in [5.74, 6) is 0.0273. The normalized spacial score (nSPS) is 12.9. The number of hydrogen-bond donors (Lipinski definition) is 1. The summed E-state index contributed by atoms with van der Waals surface area (Å²) in [5, 5.41) is 10.9. The number of amides is 1. The van der Waals surface area contributed by atoms with Crippen molar-refractivity contribution in [2.24, 2.45) is 0 Å². The first-order valence-corrected chi connectivity index (χ1v) is 12.8. The second-order valence-electron chi connectivity index (χ2n) is 6.94. The molecule has 0 radical (unpaired) electrons. The van der Waals surface area contributed by atoms with Crippen molar-refractivity contribution < 1.29 is 9.90 Å². The van der Waals surface area contributed by atoms with Crippen molar-refractivity contribution in [3.63, 3.8) is 0 Å². The van der Waals surface area contributed by atoms with Gasteiger partial charge in [-0.1, -0.05) is 50.0 Å². The average molecular weight is 362 g/mol. The molecule has 1 aromatic heterocycles. The maximum atomic E-state index is 12.9. The van der Waals surface area contributed by atoms with Crippen LogP contribution in [0.2, 0.25) is 19.6 Å². The second-order valence-corrected chi connectivity index (χ2v) is 13.4. The van der Waals surface area contributed by atoms with E-state index in [9.17, 15) is 9.90 Å². The molecule has 5 heteroatoms. The lowest BCUT2D eigenvalue weighted by Crippen LogP contribution is -2.35. The van der Waals surface area contributed by atoms with Gasteiger partial charge >= 0.3 is 0 Å². The summed E-state index contributed by atoms with van der Waals surface area (Å²) >= 11 is 1.57. The van der Waals surface area contributed by atoms with Crippen LogP contribution in [0.5, 0.6) is 0 Å². The van der Waals surface area contributed by atoms with Gasteiger partial charge < -0.3 is 10.0 Å². The molecular formula is C19H27NO2SSi. The Balaban J connectivity index is 2.52. The molecule has 1 N–H and O–H groups in total. The molecular weight excluding hydrogens is 334 g/mol. The van der Waals surface area contributed by atoms with Crippen LogP contribution in [0.3, 0.4) is 0 Å². The van der Waals surface area contributed by atoms with Crippen molar-refractivity contribution in [3.05, 3.63) is 52.4 Å². The lowest BCUT2D eigenvalue weighted by molar-refractivity contribution is 0.0773. The second kappa shape index (κ2) is 7.63. The van der Waals surface area contributed by atoms with Crippen molar-refractivity contribution in [1.82, 2.24) is 4.90 Å². The quantitative estimate of drug-likeness (QED) is 0.794. The third-order valence-corrected chi connectivity index (χ3v) is 8.87. The van der Waals surface area contributed by atoms with Crippen molar-refractivity contribution >= 4 is 29.8 Å². The van der Waals surface area contributed by atoms with E-state index in [1.165, 1.54) is 4.50 Å². The molecule has 0 fully saturated rings. The Labute approximate surface area is 150 Å². The molecule has 1 unspecified atom stereocenters. The fraction of sp³-hybridized carbons (Fsp3) is 0.421. The van der Waals surface area contributed by atoms with Gasteiger partial charge in [-0.25, -0.2) is 0 Å². The van der Waals surface area contributed by atoms with E-state index in [0.29, 0.717) is 18.0 Å². The number of carbonyl (C=O) groups is 1. The van der Waals surface area contributed by atoms with Crippen LogP contribution in [-0.2, 0) is 0 Å². The third kappa shape index (κ3) is 3.96. The van der Waals surface area contributed by atoms with Crippen LogP contribution in [0, 0.1) is 0 Å². The zero-order chi connectivity index (χ0) is 17.9. The fourth-order valence-electron chi connectivity index (χ4n) is 2.61. The highest BCUT2D eigenvalue weighted by molar-refractivity contribution is 7.27. The van der Waals surface area contributed by atoms with E-state index in [4.69, 9.17) is 0 Å². The van der Waals surface area contributed by atoms with E-state index in [1.807, 2.05) is 49.1 Å². The molecule has 1 aromatic carbocycles. The van der Waals surface area contributed by atoms with Crippen LogP contribution in [-0.4, -0.2) is 37.1 Å². The van der Waals surface area contributed by atoms with Gasteiger partial charge in [0.05, 0.1) is 13.0 Å². The SMILES string of the molecule is CCN(CC)C(=O)c1sc([Si](C)(C)C)cc1C(O)c1ccccc1. The number of aliphatic hydroxyl groups is 1. The van der Waals surface area contributed by atoms with Gasteiger partial charge in [0, 0.05) is 18.7 Å². The number of rotatable bonds is 6. The van der Waals surface area contributed by atoms with Crippen LogP contribution in [0.1, 0.15) is 40.8 Å². The summed E-state index contributed by atoms with van der Waals surface area (Å²) in [6.45, 7) is 12.1. The van der Waals surface area contributed by atoms with Crippen LogP contribution in [0.15, 0.2) is 36.4 Å². The standard InChI is InChI=1S/C19H27NO2SSi/c1-6-20(7-2)19(22)18-15(13-16(23-18)24(3,4)5)17(21)14-11-9-8-10-12-14/h8-13,17,21H,6-7H2,1-5H3. The van der Waals surface area contributed by atoms with Gasteiger partial charge in [0.15, 0.2) is 0 Å². The maximum absolute atomic E-state index is 12.9. The van der Waals surface area contributed by atoms with Crippen LogP contribution in [0.25, 0.3) is 0 Å². The van der Waals surface area contributed by atoms with Crippen LogP contribution in [0.4, 0.5) is 0 Å². The highest BCUT2D eigenvalue weighted by Crippen LogP contribution is 2.30. The molecule has 1 amide bonds. The van der Waals surface area contributed by atoms with Crippen LogP contribution < -0.4 is 4.50 Å². The molecule has 0 saturated carbocycles. The molecule has 0 aliphatic carbocycles. The fourth-order valence-corrected chi connectivity index (χ4v) is 5.64. The first-order valence-electron chi connectivity index (χ1n) is 8.46. The third-order valence-electron chi connectivity index (χ3n) is 4.15. The zero-order valence-corrected chi connectivity index (χ0v) is 17.0. The molecule has 1 atom stereocenters. The molecule has 0 bridgehead atoms. The first-order chi connectivity index (χ1) is 11.3. The molecule has 0 saturated heterocycles. The Bertz CT molecular complexity index is 687. The van der Waals surface area contributed by atoms with Gasteiger partial charge in [0.2, 0.25) is 0 Å². The predicted molar refractivity (Wildman–Crippen MR) is 105 cm³/mol. The number of thiophene rings is 1. The van der Waals surface area contributed by atoms with Crippen molar-refractivity contribution in [2.75, 3.05) is 13.1 Å². The van der Waals surface area contributed by atoms with Gasteiger partial charge in [0.25, 0.3) is 5.91 Å². The van der Waals surface area contributed by atoms with E-state index >= 15 is 0 Å². The highest BCUT2D eigenvalue weighted by Gasteiger charge is 2.29. The molecule has 24 heavy (non-hydrogen) atoms. The van der Waals surface area contributed by atoms with E-state index < -0.39 is 14.2 Å². The zero-order valence-electron chi connectivity index (χ0n) is 15.2. The highest BCUT2D eigenvalue weighted by atomic mass is 32.1. The lowest BCUT2D eigenvalue weighted by atomic mass is 10.0. The van der Waals surface area contributed by atoms with E-state index in [1.54, 1.807) is 11.3 Å². The van der Waals surface area contributed by atoms with Gasteiger partial charge in [-0.3, -0.25) is 4.79 Å². The largest absolute Gasteiger partial charge is 0.384 e. The minimum absolute atomic E-state index is 0.0273. The first kappa shape index (κ1) is 18.9.